The van der Waals surface area contributed by atoms with Crippen LogP contribution in [0.1, 0.15) is 29.7 Å². The molecule has 0 atom stereocenters. The largest absolute Gasteiger partial charge is 0.381 e. The van der Waals surface area contributed by atoms with Crippen LogP contribution in [0.4, 0.5) is 4.39 Å². The fourth-order valence-electron chi connectivity index (χ4n) is 4.04. The molecule has 2 aromatic carbocycles. The third-order valence-corrected chi connectivity index (χ3v) is 5.93. The average molecular weight is 417 g/mol. The van der Waals surface area contributed by atoms with E-state index in [1.54, 1.807) is 0 Å². The van der Waals surface area contributed by atoms with Gasteiger partial charge in [0, 0.05) is 50.1 Å². The smallest absolute Gasteiger partial charge is 0.259 e. The van der Waals surface area contributed by atoms with Crippen molar-refractivity contribution in [3.63, 3.8) is 0 Å². The van der Waals surface area contributed by atoms with Crippen molar-refractivity contribution in [2.45, 2.75) is 32.0 Å². The molecule has 0 N–H and O–H groups in total. The van der Waals surface area contributed by atoms with E-state index in [0.29, 0.717) is 43.3 Å². The van der Waals surface area contributed by atoms with E-state index in [0.717, 1.165) is 23.4 Å². The zero-order chi connectivity index (χ0) is 21.3. The normalized spacial score (nSPS) is 15.8. The zero-order valence-corrected chi connectivity index (χ0v) is 17.4. The Morgan fingerprint density at radius 3 is 2.48 bits per heavy atom. The lowest BCUT2D eigenvalue weighted by molar-refractivity contribution is -0.0114. The standard InChI is InChI=1S/C25H24FN3O2/c1-18-15-21(17-29(18)16-19-5-3-2-4-6-19)24-27-23(28-31-24)20-7-9-22(10-8-20)25(26)11-13-30-14-12-25/h2-10,15,17H,11-14,16H2,1H3. The highest BCUT2D eigenvalue weighted by molar-refractivity contribution is 5.60. The second-order valence-electron chi connectivity index (χ2n) is 8.06. The van der Waals surface area contributed by atoms with E-state index in [9.17, 15) is 0 Å². The topological polar surface area (TPSA) is 53.1 Å². The van der Waals surface area contributed by atoms with Gasteiger partial charge >= 0.3 is 0 Å². The van der Waals surface area contributed by atoms with Crippen LogP contribution >= 0.6 is 0 Å². The third-order valence-electron chi connectivity index (χ3n) is 5.93. The summed E-state index contributed by atoms with van der Waals surface area (Å²) in [5.74, 6) is 0.968. The first kappa shape index (κ1) is 19.7. The second kappa shape index (κ2) is 8.12. The number of aryl methyl sites for hydroxylation is 1. The minimum atomic E-state index is -1.32. The summed E-state index contributed by atoms with van der Waals surface area (Å²) in [5.41, 5.74) is 3.39. The van der Waals surface area contributed by atoms with E-state index in [1.807, 2.05) is 54.7 Å². The van der Waals surface area contributed by atoms with E-state index in [-0.39, 0.29) is 0 Å². The number of alkyl halides is 1. The predicted octanol–water partition coefficient (Wildman–Crippen LogP) is 5.54. The summed E-state index contributed by atoms with van der Waals surface area (Å²) in [6.07, 6.45) is 2.80. The summed E-state index contributed by atoms with van der Waals surface area (Å²) < 4.78 is 28.1. The maximum atomic E-state index is 15.1. The lowest BCUT2D eigenvalue weighted by Crippen LogP contribution is -2.29. The number of rotatable bonds is 5. The molecule has 0 amide bonds. The Bertz CT molecular complexity index is 1160. The summed E-state index contributed by atoms with van der Waals surface area (Å²) >= 11 is 0. The molecule has 0 radical (unpaired) electrons. The van der Waals surface area contributed by atoms with Crippen molar-refractivity contribution >= 4 is 0 Å². The van der Waals surface area contributed by atoms with Gasteiger partial charge in [-0.15, -0.1) is 0 Å². The number of halogens is 1. The van der Waals surface area contributed by atoms with Gasteiger partial charge in [0.2, 0.25) is 5.82 Å². The van der Waals surface area contributed by atoms with Crippen LogP contribution in [-0.2, 0) is 17.0 Å². The summed E-state index contributed by atoms with van der Waals surface area (Å²) in [6.45, 7) is 3.75. The van der Waals surface area contributed by atoms with Gasteiger partial charge in [-0.1, -0.05) is 59.8 Å². The SMILES string of the molecule is Cc1cc(-c2nc(-c3ccc(C4(F)CCOCC4)cc3)no2)cn1Cc1ccccc1. The van der Waals surface area contributed by atoms with Gasteiger partial charge in [-0.3, -0.25) is 0 Å². The van der Waals surface area contributed by atoms with Crippen LogP contribution < -0.4 is 0 Å². The molecule has 31 heavy (non-hydrogen) atoms. The Morgan fingerprint density at radius 2 is 1.74 bits per heavy atom. The molecule has 2 aromatic heterocycles. The molecule has 0 saturated carbocycles. The molecule has 4 aromatic rings. The lowest BCUT2D eigenvalue weighted by Gasteiger charge is -2.29. The van der Waals surface area contributed by atoms with Crippen molar-refractivity contribution in [2.75, 3.05) is 13.2 Å². The third kappa shape index (κ3) is 4.03. The summed E-state index contributed by atoms with van der Waals surface area (Å²) in [7, 11) is 0. The van der Waals surface area contributed by atoms with Crippen LogP contribution in [0.2, 0.25) is 0 Å². The number of aromatic nitrogens is 3. The van der Waals surface area contributed by atoms with Gasteiger partial charge in [0.15, 0.2) is 0 Å². The van der Waals surface area contributed by atoms with E-state index in [2.05, 4.69) is 33.8 Å². The Kier molecular flexibility index (Phi) is 5.16. The van der Waals surface area contributed by atoms with E-state index < -0.39 is 5.67 Å². The van der Waals surface area contributed by atoms with E-state index in [1.165, 1.54) is 5.56 Å². The van der Waals surface area contributed by atoms with Crippen LogP contribution in [0.15, 0.2) is 71.4 Å². The molecule has 0 spiro atoms. The monoisotopic (exact) mass is 417 g/mol. The van der Waals surface area contributed by atoms with Crippen LogP contribution in [0, 0.1) is 6.92 Å². The van der Waals surface area contributed by atoms with Crippen molar-refractivity contribution in [1.29, 1.82) is 0 Å². The van der Waals surface area contributed by atoms with Gasteiger partial charge in [-0.2, -0.15) is 4.98 Å². The van der Waals surface area contributed by atoms with Gasteiger partial charge in [0.05, 0.1) is 5.56 Å². The maximum absolute atomic E-state index is 15.1. The second-order valence-corrected chi connectivity index (χ2v) is 8.06. The Hall–Kier alpha value is -3.25. The Labute approximate surface area is 180 Å². The Balaban J connectivity index is 1.35. The van der Waals surface area contributed by atoms with Gasteiger partial charge in [0.25, 0.3) is 5.89 Å². The predicted molar refractivity (Wildman–Crippen MR) is 116 cm³/mol. The molecule has 158 valence electrons. The molecular weight excluding hydrogens is 393 g/mol. The van der Waals surface area contributed by atoms with Crippen LogP contribution in [0.5, 0.6) is 0 Å². The van der Waals surface area contributed by atoms with Crippen LogP contribution in [0.3, 0.4) is 0 Å². The number of benzene rings is 2. The average Bonchev–Trinajstić information content (AvgIpc) is 3.43. The van der Waals surface area contributed by atoms with Crippen LogP contribution in [0.25, 0.3) is 22.8 Å². The number of hydrogen-bond donors (Lipinski definition) is 0. The molecule has 5 nitrogen and oxygen atoms in total. The van der Waals surface area contributed by atoms with Crippen molar-refractivity contribution in [2.24, 2.45) is 0 Å². The molecule has 0 bridgehead atoms. The molecule has 6 heteroatoms. The van der Waals surface area contributed by atoms with E-state index >= 15 is 4.39 Å². The van der Waals surface area contributed by atoms with Gasteiger partial charge in [-0.05, 0) is 24.1 Å². The fourth-order valence-corrected chi connectivity index (χ4v) is 4.04. The molecule has 3 heterocycles. The molecule has 0 aliphatic carbocycles. The summed E-state index contributed by atoms with van der Waals surface area (Å²) in [4.78, 5) is 4.57. The molecule has 5 rings (SSSR count). The van der Waals surface area contributed by atoms with Crippen molar-refractivity contribution in [1.82, 2.24) is 14.7 Å². The van der Waals surface area contributed by atoms with Gasteiger partial charge < -0.3 is 13.8 Å². The summed E-state index contributed by atoms with van der Waals surface area (Å²) in [6, 6.07) is 19.7. The number of nitrogens with zero attached hydrogens (tertiary/aromatic N) is 3. The van der Waals surface area contributed by atoms with E-state index in [4.69, 9.17) is 9.26 Å². The first-order valence-electron chi connectivity index (χ1n) is 10.5. The zero-order valence-electron chi connectivity index (χ0n) is 17.4. The van der Waals surface area contributed by atoms with Crippen LogP contribution in [-0.4, -0.2) is 27.9 Å². The first-order valence-corrected chi connectivity index (χ1v) is 10.5. The first-order chi connectivity index (χ1) is 15.1. The Morgan fingerprint density at radius 1 is 1.00 bits per heavy atom. The highest BCUT2D eigenvalue weighted by Crippen LogP contribution is 2.37. The van der Waals surface area contributed by atoms with Gasteiger partial charge in [0.1, 0.15) is 5.67 Å². The molecule has 0 unspecified atom stereocenters. The molecular formula is C25H24FN3O2. The molecule has 1 aliphatic rings. The highest BCUT2D eigenvalue weighted by atomic mass is 19.1. The summed E-state index contributed by atoms with van der Waals surface area (Å²) in [5, 5.41) is 4.14. The number of hydrogen-bond acceptors (Lipinski definition) is 4. The minimum Gasteiger partial charge on any atom is -0.381 e. The fraction of sp³-hybridized carbons (Fsp3) is 0.280. The maximum Gasteiger partial charge on any atom is 0.259 e. The molecule has 1 aliphatic heterocycles. The lowest BCUT2D eigenvalue weighted by atomic mass is 9.88. The molecule has 1 saturated heterocycles. The van der Waals surface area contributed by atoms with Crippen molar-refractivity contribution in [3.05, 3.63) is 83.7 Å². The minimum absolute atomic E-state index is 0.387. The number of ether oxygens (including phenoxy) is 1. The van der Waals surface area contributed by atoms with Crippen molar-refractivity contribution in [3.8, 4) is 22.8 Å². The molecule has 1 fully saturated rings. The van der Waals surface area contributed by atoms with Crippen molar-refractivity contribution < 1.29 is 13.7 Å². The quantitative estimate of drug-likeness (QED) is 0.428. The van der Waals surface area contributed by atoms with Gasteiger partial charge in [-0.25, -0.2) is 4.39 Å². The highest BCUT2D eigenvalue weighted by Gasteiger charge is 2.34.